The predicted octanol–water partition coefficient (Wildman–Crippen LogP) is 0.493. The van der Waals surface area contributed by atoms with Crippen molar-refractivity contribution in [2.75, 3.05) is 26.8 Å². The van der Waals surface area contributed by atoms with Crippen LogP contribution in [0, 0.1) is 0 Å². The van der Waals surface area contributed by atoms with E-state index in [0.717, 1.165) is 44.6 Å². The van der Waals surface area contributed by atoms with Crippen molar-refractivity contribution in [3.05, 3.63) is 16.3 Å². The van der Waals surface area contributed by atoms with Crippen LogP contribution < -0.4 is 11.0 Å². The standard InChI is InChI=1S/C13H22N4O2/c1-19-8-7-16-13(18)17(11-4-5-11)12(15-16)10-3-2-6-14-9-10/h10-11,14H,2-9H2,1H3. The van der Waals surface area contributed by atoms with Crippen LogP contribution in [0.5, 0.6) is 0 Å². The summed E-state index contributed by atoms with van der Waals surface area (Å²) in [5.74, 6) is 1.36. The number of rotatable bonds is 5. The first kappa shape index (κ1) is 12.9. The molecule has 6 nitrogen and oxygen atoms in total. The van der Waals surface area contributed by atoms with E-state index in [1.54, 1.807) is 11.8 Å². The maximum Gasteiger partial charge on any atom is 0.346 e. The molecule has 1 aromatic heterocycles. The van der Waals surface area contributed by atoms with Gasteiger partial charge in [-0.15, -0.1) is 0 Å². The molecule has 2 fully saturated rings. The van der Waals surface area contributed by atoms with Gasteiger partial charge in [0.05, 0.1) is 13.2 Å². The quantitative estimate of drug-likeness (QED) is 0.843. The number of methoxy groups -OCH3 is 1. The van der Waals surface area contributed by atoms with Crippen LogP contribution in [0.25, 0.3) is 0 Å². The second kappa shape index (κ2) is 5.46. The van der Waals surface area contributed by atoms with E-state index in [2.05, 4.69) is 10.4 Å². The van der Waals surface area contributed by atoms with Gasteiger partial charge in [0, 0.05) is 25.6 Å². The fourth-order valence-electron chi connectivity index (χ4n) is 2.79. The molecular weight excluding hydrogens is 244 g/mol. The molecule has 2 aliphatic rings. The van der Waals surface area contributed by atoms with Crippen LogP contribution in [0.3, 0.4) is 0 Å². The second-order valence-corrected chi connectivity index (χ2v) is 5.50. The monoisotopic (exact) mass is 266 g/mol. The molecule has 1 aliphatic carbocycles. The lowest BCUT2D eigenvalue weighted by Crippen LogP contribution is -2.31. The number of piperidine rings is 1. The summed E-state index contributed by atoms with van der Waals surface area (Å²) in [6.07, 6.45) is 4.51. The Labute approximate surface area is 112 Å². The Morgan fingerprint density at radius 2 is 2.26 bits per heavy atom. The van der Waals surface area contributed by atoms with Crippen LogP contribution in [0.15, 0.2) is 4.79 Å². The minimum absolute atomic E-state index is 0.0418. The van der Waals surface area contributed by atoms with E-state index in [4.69, 9.17) is 4.74 Å². The highest BCUT2D eigenvalue weighted by Gasteiger charge is 2.33. The predicted molar refractivity (Wildman–Crippen MR) is 71.5 cm³/mol. The van der Waals surface area contributed by atoms with Crippen molar-refractivity contribution in [2.45, 2.75) is 44.2 Å². The molecule has 0 spiro atoms. The molecule has 0 radical (unpaired) electrons. The normalized spacial score (nSPS) is 23.7. The third-order valence-corrected chi connectivity index (χ3v) is 3.98. The Bertz CT molecular complexity index is 483. The topological polar surface area (TPSA) is 61.1 Å². The van der Waals surface area contributed by atoms with Gasteiger partial charge in [0.1, 0.15) is 5.82 Å². The zero-order valence-corrected chi connectivity index (χ0v) is 11.5. The summed E-state index contributed by atoms with van der Waals surface area (Å²) in [5, 5.41) is 7.98. The number of hydrogen-bond donors (Lipinski definition) is 1. The van der Waals surface area contributed by atoms with Gasteiger partial charge in [-0.05, 0) is 32.2 Å². The van der Waals surface area contributed by atoms with Crippen LogP contribution >= 0.6 is 0 Å². The average molecular weight is 266 g/mol. The highest BCUT2D eigenvalue weighted by atomic mass is 16.5. The lowest BCUT2D eigenvalue weighted by atomic mass is 9.99. The molecule has 1 aliphatic heterocycles. The lowest BCUT2D eigenvalue weighted by Gasteiger charge is -2.22. The van der Waals surface area contributed by atoms with E-state index in [-0.39, 0.29) is 5.69 Å². The third kappa shape index (κ3) is 2.60. The fraction of sp³-hybridized carbons (Fsp3) is 0.846. The Balaban J connectivity index is 1.90. The first-order valence-electron chi connectivity index (χ1n) is 7.20. The minimum Gasteiger partial charge on any atom is -0.383 e. The molecule has 106 valence electrons. The van der Waals surface area contributed by atoms with E-state index in [1.165, 1.54) is 0 Å². The van der Waals surface area contributed by atoms with E-state index < -0.39 is 0 Å². The summed E-state index contributed by atoms with van der Waals surface area (Å²) in [5.41, 5.74) is 0.0418. The Hall–Kier alpha value is -1.14. The van der Waals surface area contributed by atoms with Crippen molar-refractivity contribution in [3.8, 4) is 0 Å². The number of nitrogens with one attached hydrogen (secondary N) is 1. The molecule has 0 amide bonds. The smallest absolute Gasteiger partial charge is 0.346 e. The Morgan fingerprint density at radius 3 is 2.89 bits per heavy atom. The molecule has 3 rings (SSSR count). The van der Waals surface area contributed by atoms with Crippen LogP contribution in [-0.2, 0) is 11.3 Å². The Morgan fingerprint density at radius 1 is 1.42 bits per heavy atom. The largest absolute Gasteiger partial charge is 0.383 e. The van der Waals surface area contributed by atoms with Crippen LogP contribution in [0.4, 0.5) is 0 Å². The van der Waals surface area contributed by atoms with Crippen molar-refractivity contribution >= 4 is 0 Å². The van der Waals surface area contributed by atoms with Crippen LogP contribution in [0.2, 0.25) is 0 Å². The summed E-state index contributed by atoms with van der Waals surface area (Å²) < 4.78 is 8.56. The number of nitrogens with zero attached hydrogens (tertiary/aromatic N) is 3. The van der Waals surface area contributed by atoms with Gasteiger partial charge in [-0.1, -0.05) is 0 Å². The van der Waals surface area contributed by atoms with Gasteiger partial charge in [-0.25, -0.2) is 9.48 Å². The lowest BCUT2D eigenvalue weighted by molar-refractivity contribution is 0.182. The molecule has 1 unspecified atom stereocenters. The number of aromatic nitrogens is 3. The van der Waals surface area contributed by atoms with Crippen molar-refractivity contribution < 1.29 is 4.74 Å². The molecule has 1 saturated heterocycles. The molecule has 1 atom stereocenters. The van der Waals surface area contributed by atoms with Crippen molar-refractivity contribution in [3.63, 3.8) is 0 Å². The van der Waals surface area contributed by atoms with E-state index >= 15 is 0 Å². The fourth-order valence-corrected chi connectivity index (χ4v) is 2.79. The van der Waals surface area contributed by atoms with Crippen molar-refractivity contribution in [1.82, 2.24) is 19.7 Å². The maximum absolute atomic E-state index is 12.4. The molecule has 19 heavy (non-hydrogen) atoms. The molecule has 6 heteroatoms. The zero-order valence-electron chi connectivity index (χ0n) is 11.5. The SMILES string of the molecule is COCCn1nc(C2CCCNC2)n(C2CC2)c1=O. The summed E-state index contributed by atoms with van der Waals surface area (Å²) in [6, 6.07) is 0.390. The highest BCUT2D eigenvalue weighted by Crippen LogP contribution is 2.36. The van der Waals surface area contributed by atoms with Crippen molar-refractivity contribution in [2.24, 2.45) is 0 Å². The van der Waals surface area contributed by atoms with Crippen molar-refractivity contribution in [1.29, 1.82) is 0 Å². The average Bonchev–Trinajstić information content (AvgIpc) is 3.22. The van der Waals surface area contributed by atoms with Gasteiger partial charge < -0.3 is 10.1 Å². The third-order valence-electron chi connectivity index (χ3n) is 3.98. The molecule has 2 heterocycles. The van der Waals surface area contributed by atoms with Gasteiger partial charge in [-0.2, -0.15) is 5.10 Å². The molecule has 0 bridgehead atoms. The first-order valence-corrected chi connectivity index (χ1v) is 7.20. The van der Waals surface area contributed by atoms with E-state index in [0.29, 0.717) is 25.1 Å². The van der Waals surface area contributed by atoms with Gasteiger partial charge in [0.2, 0.25) is 0 Å². The minimum atomic E-state index is 0.0418. The summed E-state index contributed by atoms with van der Waals surface area (Å²) in [6.45, 7) is 3.09. The maximum atomic E-state index is 12.4. The van der Waals surface area contributed by atoms with Gasteiger partial charge in [0.25, 0.3) is 0 Å². The highest BCUT2D eigenvalue weighted by molar-refractivity contribution is 5.04. The van der Waals surface area contributed by atoms with Crippen LogP contribution in [-0.4, -0.2) is 41.2 Å². The summed E-state index contributed by atoms with van der Waals surface area (Å²) in [7, 11) is 1.65. The Kier molecular flexibility index (Phi) is 3.70. The number of ether oxygens (including phenoxy) is 1. The molecule has 0 aromatic carbocycles. The van der Waals surface area contributed by atoms with Crippen LogP contribution in [0.1, 0.15) is 43.5 Å². The molecule has 1 saturated carbocycles. The van der Waals surface area contributed by atoms with Gasteiger partial charge in [0.15, 0.2) is 0 Å². The number of hydrogen-bond acceptors (Lipinski definition) is 4. The second-order valence-electron chi connectivity index (χ2n) is 5.50. The van der Waals surface area contributed by atoms with E-state index in [1.807, 2.05) is 4.57 Å². The zero-order chi connectivity index (χ0) is 13.2. The summed E-state index contributed by atoms with van der Waals surface area (Å²) in [4.78, 5) is 12.4. The first-order chi connectivity index (χ1) is 9.31. The summed E-state index contributed by atoms with van der Waals surface area (Å²) >= 11 is 0. The van der Waals surface area contributed by atoms with Gasteiger partial charge in [-0.3, -0.25) is 4.57 Å². The molecule has 1 N–H and O–H groups in total. The van der Waals surface area contributed by atoms with E-state index in [9.17, 15) is 4.79 Å². The molecular formula is C13H22N4O2. The van der Waals surface area contributed by atoms with Gasteiger partial charge >= 0.3 is 5.69 Å². The molecule has 1 aromatic rings.